The Kier molecular flexibility index (Phi) is 6.91. The Hall–Kier alpha value is -2.55. The van der Waals surface area contributed by atoms with Crippen LogP contribution in [0.25, 0.3) is 17.7 Å². The Balaban J connectivity index is 1.23. The van der Waals surface area contributed by atoms with E-state index in [0.717, 1.165) is 0 Å². The van der Waals surface area contributed by atoms with Crippen molar-refractivity contribution in [2.75, 3.05) is 25.4 Å². The third-order valence-electron chi connectivity index (χ3n) is 6.60. The van der Waals surface area contributed by atoms with E-state index in [2.05, 4.69) is 95.9 Å². The van der Waals surface area contributed by atoms with Gasteiger partial charge in [-0.2, -0.15) is 0 Å². The number of benzene rings is 3. The van der Waals surface area contributed by atoms with Gasteiger partial charge >= 0.3 is 0 Å². The summed E-state index contributed by atoms with van der Waals surface area (Å²) in [7, 11) is 0. The lowest BCUT2D eigenvalue weighted by molar-refractivity contribution is 0.253. The maximum absolute atomic E-state index is 2.67. The third kappa shape index (κ3) is 4.92. The van der Waals surface area contributed by atoms with Crippen LogP contribution in [0, 0.1) is 0 Å². The van der Waals surface area contributed by atoms with Gasteiger partial charge in [0.15, 0.2) is 0 Å². The van der Waals surface area contributed by atoms with Gasteiger partial charge in [-0.15, -0.1) is 11.8 Å². The summed E-state index contributed by atoms with van der Waals surface area (Å²) in [5, 5.41) is 0. The predicted molar refractivity (Wildman–Crippen MR) is 140 cm³/mol. The Bertz CT molecular complexity index is 1050. The Labute approximate surface area is 196 Å². The average molecular weight is 438 g/mol. The second-order valence-electron chi connectivity index (χ2n) is 8.70. The van der Waals surface area contributed by atoms with E-state index < -0.39 is 0 Å². The molecule has 0 radical (unpaired) electrons. The fourth-order valence-corrected chi connectivity index (χ4v) is 5.82. The van der Waals surface area contributed by atoms with Gasteiger partial charge in [0.05, 0.1) is 0 Å². The lowest BCUT2D eigenvalue weighted by Gasteiger charge is -2.30. The van der Waals surface area contributed by atoms with E-state index in [-0.39, 0.29) is 0 Å². The van der Waals surface area contributed by atoms with E-state index in [0.29, 0.717) is 0 Å². The van der Waals surface area contributed by atoms with Crippen molar-refractivity contribution in [3.8, 4) is 0 Å². The highest BCUT2D eigenvalue weighted by atomic mass is 32.2. The van der Waals surface area contributed by atoms with Gasteiger partial charge in [0.25, 0.3) is 0 Å². The van der Waals surface area contributed by atoms with Crippen LogP contribution in [0.4, 0.5) is 0 Å². The molecule has 162 valence electrons. The van der Waals surface area contributed by atoms with Gasteiger partial charge in [0, 0.05) is 18.0 Å². The van der Waals surface area contributed by atoms with Gasteiger partial charge in [-0.3, -0.25) is 0 Å². The lowest BCUT2D eigenvalue weighted by Crippen LogP contribution is -2.32. The molecule has 0 bridgehead atoms. The van der Waals surface area contributed by atoms with Crippen molar-refractivity contribution in [3.05, 3.63) is 107 Å². The first-order chi connectivity index (χ1) is 15.9. The first-order valence-electron chi connectivity index (χ1n) is 11.9. The maximum Gasteiger partial charge on any atom is 0.00719 e. The van der Waals surface area contributed by atoms with Crippen LogP contribution in [0.5, 0.6) is 0 Å². The van der Waals surface area contributed by atoms with Crippen molar-refractivity contribution >= 4 is 29.5 Å². The van der Waals surface area contributed by atoms with Gasteiger partial charge in [0.1, 0.15) is 0 Å². The first-order valence-corrected chi connectivity index (χ1v) is 12.9. The summed E-state index contributed by atoms with van der Waals surface area (Å²) >= 11 is 1.98. The van der Waals surface area contributed by atoms with E-state index in [1.165, 1.54) is 83.8 Å². The van der Waals surface area contributed by atoms with Gasteiger partial charge in [0.2, 0.25) is 0 Å². The molecule has 0 spiro atoms. The standard InChI is InChI=1S/C30H31NS/c1-2-12-27(13-3-1)32-23-9-8-20-31-21-18-26(19-22-31)30-28-14-6-4-10-24(28)16-17-25-11-5-7-15-29(25)30/h1-7,10-17H,8-9,18-23H2. The zero-order chi connectivity index (χ0) is 21.6. The number of piperidine rings is 1. The fourth-order valence-electron chi connectivity index (χ4n) is 4.89. The number of hydrogen-bond donors (Lipinski definition) is 0. The minimum absolute atomic E-state index is 1.18. The topological polar surface area (TPSA) is 3.24 Å². The second-order valence-corrected chi connectivity index (χ2v) is 9.86. The molecule has 0 unspecified atom stereocenters. The molecule has 2 heteroatoms. The van der Waals surface area contributed by atoms with Crippen LogP contribution in [0.1, 0.15) is 47.9 Å². The summed E-state index contributed by atoms with van der Waals surface area (Å²) in [4.78, 5) is 4.06. The van der Waals surface area contributed by atoms with E-state index in [4.69, 9.17) is 0 Å². The molecule has 0 atom stereocenters. The molecule has 1 saturated heterocycles. The van der Waals surface area contributed by atoms with Crippen LogP contribution >= 0.6 is 11.8 Å². The van der Waals surface area contributed by atoms with Gasteiger partial charge in [-0.1, -0.05) is 84.5 Å². The average Bonchev–Trinajstić information content (AvgIpc) is 3.02. The molecule has 1 heterocycles. The highest BCUT2D eigenvalue weighted by molar-refractivity contribution is 7.99. The van der Waals surface area contributed by atoms with E-state index in [1.807, 2.05) is 11.8 Å². The molecule has 1 nitrogen and oxygen atoms in total. The molecule has 2 aliphatic rings. The minimum Gasteiger partial charge on any atom is -0.303 e. The predicted octanol–water partition coefficient (Wildman–Crippen LogP) is 7.64. The Morgan fingerprint density at radius 2 is 1.25 bits per heavy atom. The quantitative estimate of drug-likeness (QED) is 0.225. The molecule has 32 heavy (non-hydrogen) atoms. The van der Waals surface area contributed by atoms with Gasteiger partial charge in [-0.05, 0) is 77.9 Å². The zero-order valence-corrected chi connectivity index (χ0v) is 19.5. The molecular weight excluding hydrogens is 406 g/mol. The Morgan fingerprint density at radius 3 is 1.91 bits per heavy atom. The molecule has 0 amide bonds. The molecular formula is C30H31NS. The summed E-state index contributed by atoms with van der Waals surface area (Å²) in [6.07, 6.45) is 9.50. The largest absolute Gasteiger partial charge is 0.303 e. The van der Waals surface area contributed by atoms with E-state index in [1.54, 1.807) is 5.57 Å². The van der Waals surface area contributed by atoms with Crippen LogP contribution in [-0.4, -0.2) is 30.3 Å². The normalized spacial score (nSPS) is 15.9. The summed E-state index contributed by atoms with van der Waals surface area (Å²) in [6.45, 7) is 3.59. The third-order valence-corrected chi connectivity index (χ3v) is 7.69. The highest BCUT2D eigenvalue weighted by Crippen LogP contribution is 2.38. The molecule has 1 aliphatic heterocycles. The first kappa shape index (κ1) is 21.3. The SMILES string of the molecule is C1=Cc2ccccc2C(=C2CCN(CCCCSc3ccccc3)CC2)c2ccccc21. The molecule has 5 rings (SSSR count). The van der Waals surface area contributed by atoms with Crippen LogP contribution in [0.15, 0.2) is 89.3 Å². The number of rotatable bonds is 6. The number of nitrogens with zero attached hydrogens (tertiary/aromatic N) is 1. The van der Waals surface area contributed by atoms with Crippen molar-refractivity contribution in [2.24, 2.45) is 0 Å². The van der Waals surface area contributed by atoms with Crippen molar-refractivity contribution in [1.29, 1.82) is 0 Å². The second kappa shape index (κ2) is 10.4. The lowest BCUT2D eigenvalue weighted by atomic mass is 9.86. The van der Waals surface area contributed by atoms with Crippen LogP contribution in [-0.2, 0) is 0 Å². The number of likely N-dealkylation sites (tertiary alicyclic amines) is 1. The highest BCUT2D eigenvalue weighted by Gasteiger charge is 2.22. The molecule has 0 aromatic heterocycles. The van der Waals surface area contributed by atoms with Gasteiger partial charge in [-0.25, -0.2) is 0 Å². The summed E-state index contributed by atoms with van der Waals surface area (Å²) < 4.78 is 0. The fraction of sp³-hybridized carbons (Fsp3) is 0.267. The van der Waals surface area contributed by atoms with Crippen molar-refractivity contribution < 1.29 is 0 Å². The van der Waals surface area contributed by atoms with Crippen molar-refractivity contribution in [1.82, 2.24) is 4.90 Å². The number of unbranched alkanes of at least 4 members (excludes halogenated alkanes) is 1. The number of thioether (sulfide) groups is 1. The molecule has 1 aliphatic carbocycles. The molecule has 0 N–H and O–H groups in total. The summed E-state index contributed by atoms with van der Waals surface area (Å²) in [5.41, 5.74) is 8.59. The van der Waals surface area contributed by atoms with Crippen LogP contribution in [0.2, 0.25) is 0 Å². The molecule has 3 aromatic carbocycles. The summed E-state index contributed by atoms with van der Waals surface area (Å²) in [6, 6.07) is 28.6. The van der Waals surface area contributed by atoms with Gasteiger partial charge < -0.3 is 4.90 Å². The number of hydrogen-bond acceptors (Lipinski definition) is 2. The zero-order valence-electron chi connectivity index (χ0n) is 18.7. The minimum atomic E-state index is 1.18. The van der Waals surface area contributed by atoms with Crippen LogP contribution < -0.4 is 0 Å². The maximum atomic E-state index is 2.67. The Morgan fingerprint density at radius 1 is 0.656 bits per heavy atom. The molecule has 1 fully saturated rings. The molecule has 0 saturated carbocycles. The summed E-state index contributed by atoms with van der Waals surface area (Å²) in [5.74, 6) is 1.22. The molecule has 3 aromatic rings. The number of fused-ring (bicyclic) bond motifs is 2. The van der Waals surface area contributed by atoms with Crippen molar-refractivity contribution in [3.63, 3.8) is 0 Å². The monoisotopic (exact) mass is 437 g/mol. The van der Waals surface area contributed by atoms with E-state index >= 15 is 0 Å². The van der Waals surface area contributed by atoms with Crippen LogP contribution in [0.3, 0.4) is 0 Å². The smallest absolute Gasteiger partial charge is 0.00719 e. The van der Waals surface area contributed by atoms with E-state index in [9.17, 15) is 0 Å². The van der Waals surface area contributed by atoms with Crippen molar-refractivity contribution in [2.45, 2.75) is 30.6 Å².